The van der Waals surface area contributed by atoms with Crippen molar-refractivity contribution in [3.63, 3.8) is 0 Å². The number of hydrogen-bond acceptors (Lipinski definition) is 10. The van der Waals surface area contributed by atoms with Gasteiger partial charge in [-0.2, -0.15) is 0 Å². The van der Waals surface area contributed by atoms with Crippen LogP contribution in [0.2, 0.25) is 18.1 Å². The van der Waals surface area contributed by atoms with Crippen LogP contribution in [-0.4, -0.2) is 65.9 Å². The first-order valence-electron chi connectivity index (χ1n) is 14.2. The summed E-state index contributed by atoms with van der Waals surface area (Å²) >= 11 is 0. The van der Waals surface area contributed by atoms with Gasteiger partial charge in [0.1, 0.15) is 28.5 Å². The lowest BCUT2D eigenvalue weighted by Gasteiger charge is -2.40. The molecule has 1 aromatic carbocycles. The maximum atomic E-state index is 14.2. The largest absolute Gasteiger partial charge is 0.494 e. The predicted molar refractivity (Wildman–Crippen MR) is 172 cm³/mol. The van der Waals surface area contributed by atoms with E-state index < -0.39 is 29.7 Å². The van der Waals surface area contributed by atoms with E-state index in [2.05, 4.69) is 63.7 Å². The molecule has 0 unspecified atom stereocenters. The number of benzene rings is 1. The summed E-state index contributed by atoms with van der Waals surface area (Å²) in [5, 5.41) is 7.41. The summed E-state index contributed by atoms with van der Waals surface area (Å²) in [5.41, 5.74) is 3.08. The highest BCUT2D eigenvalue weighted by atomic mass is 32.2. The van der Waals surface area contributed by atoms with Crippen LogP contribution in [0.1, 0.15) is 50.8 Å². The lowest BCUT2D eigenvalue weighted by atomic mass is 10.2. The summed E-state index contributed by atoms with van der Waals surface area (Å²) in [6.07, 6.45) is 5.63. The average molecular weight is 640 g/mol. The number of para-hydroxylation sites is 1. The standard InChI is InChI=1S/C30H41N7O5SSi/c1-19-14-22(17-31-15-19)28-34-35-29(37(28)26-24(40-7)12-11-13-25(26)41-8)36-43(38,39)21(3)27(23-18-32-20(2)16-33-23)42-44(9,10)30(4,5)6/h11-18,21,27H,1-10H3,(H,35,36)/t21-,27-/m0/s1. The Morgan fingerprint density at radius 2 is 1.61 bits per heavy atom. The van der Waals surface area contributed by atoms with Gasteiger partial charge in [0.25, 0.3) is 0 Å². The number of pyridine rings is 1. The minimum Gasteiger partial charge on any atom is -0.494 e. The zero-order valence-corrected chi connectivity index (χ0v) is 28.7. The van der Waals surface area contributed by atoms with Crippen LogP contribution in [0.25, 0.3) is 17.1 Å². The topological polar surface area (TPSA) is 143 Å². The number of hydrogen-bond donors (Lipinski definition) is 1. The third kappa shape index (κ3) is 6.76. The van der Waals surface area contributed by atoms with Crippen molar-refractivity contribution in [3.8, 4) is 28.6 Å². The molecule has 4 aromatic rings. The quantitative estimate of drug-likeness (QED) is 0.205. The lowest BCUT2D eigenvalue weighted by Crippen LogP contribution is -2.45. The van der Waals surface area contributed by atoms with Gasteiger partial charge >= 0.3 is 0 Å². The van der Waals surface area contributed by atoms with Gasteiger partial charge in [-0.15, -0.1) is 10.2 Å². The Balaban J connectivity index is 1.86. The number of methoxy groups -OCH3 is 2. The minimum atomic E-state index is -4.18. The van der Waals surface area contributed by atoms with Gasteiger partial charge in [0.2, 0.25) is 16.0 Å². The molecule has 0 bridgehead atoms. The van der Waals surface area contributed by atoms with Gasteiger partial charge in [0, 0.05) is 24.2 Å². The average Bonchev–Trinajstić information content (AvgIpc) is 3.37. The fourth-order valence-electron chi connectivity index (χ4n) is 4.30. The Labute approximate surface area is 260 Å². The van der Waals surface area contributed by atoms with Crippen molar-refractivity contribution in [2.24, 2.45) is 0 Å². The first-order chi connectivity index (χ1) is 20.6. The van der Waals surface area contributed by atoms with Crippen LogP contribution in [0.4, 0.5) is 5.95 Å². The molecule has 0 aliphatic heterocycles. The van der Waals surface area contributed by atoms with Gasteiger partial charge in [0.15, 0.2) is 14.1 Å². The Morgan fingerprint density at radius 1 is 0.955 bits per heavy atom. The van der Waals surface area contributed by atoms with Crippen molar-refractivity contribution in [1.82, 2.24) is 29.7 Å². The van der Waals surface area contributed by atoms with Crippen LogP contribution in [0.3, 0.4) is 0 Å². The first kappa shape index (κ1) is 33.0. The third-order valence-corrected chi connectivity index (χ3v) is 14.0. The number of nitrogens with zero attached hydrogens (tertiary/aromatic N) is 6. The molecule has 0 fully saturated rings. The number of aromatic nitrogens is 6. The lowest BCUT2D eigenvalue weighted by molar-refractivity contribution is 0.176. The van der Waals surface area contributed by atoms with Crippen molar-refractivity contribution in [1.29, 1.82) is 0 Å². The van der Waals surface area contributed by atoms with E-state index in [9.17, 15) is 8.42 Å². The zero-order valence-electron chi connectivity index (χ0n) is 26.9. The first-order valence-corrected chi connectivity index (χ1v) is 18.6. The van der Waals surface area contributed by atoms with Crippen molar-refractivity contribution in [2.75, 3.05) is 18.9 Å². The van der Waals surface area contributed by atoms with E-state index in [-0.39, 0.29) is 11.0 Å². The number of aryl methyl sites for hydroxylation is 2. The molecule has 0 aliphatic rings. The second-order valence-electron chi connectivity index (χ2n) is 12.2. The Morgan fingerprint density at radius 3 is 2.16 bits per heavy atom. The summed E-state index contributed by atoms with van der Waals surface area (Å²) in [4.78, 5) is 13.2. The molecule has 1 N–H and O–H groups in total. The number of ether oxygens (including phenoxy) is 2. The summed E-state index contributed by atoms with van der Waals surface area (Å²) in [6.45, 7) is 15.8. The molecule has 4 rings (SSSR count). The molecule has 0 spiro atoms. The fourth-order valence-corrected chi connectivity index (χ4v) is 6.81. The number of nitrogens with one attached hydrogen (secondary N) is 1. The SMILES string of the molecule is COc1cccc(OC)c1-n1c(NS(=O)(=O)[C@@H](C)[C@H](O[Si](C)(C)C(C)(C)C)c2cnc(C)cn2)nnc1-c1cncc(C)c1. The molecule has 12 nitrogen and oxygen atoms in total. The molecule has 0 saturated heterocycles. The molecule has 44 heavy (non-hydrogen) atoms. The van der Waals surface area contributed by atoms with E-state index in [0.717, 1.165) is 5.56 Å². The predicted octanol–water partition coefficient (Wildman–Crippen LogP) is 5.65. The number of rotatable bonds is 11. The summed E-state index contributed by atoms with van der Waals surface area (Å²) in [7, 11) is -3.60. The molecule has 14 heteroatoms. The molecule has 2 atom stereocenters. The Bertz CT molecular complexity index is 1700. The highest BCUT2D eigenvalue weighted by Crippen LogP contribution is 2.42. The maximum Gasteiger partial charge on any atom is 0.243 e. The molecule has 236 valence electrons. The van der Waals surface area contributed by atoms with Crippen LogP contribution in [0.5, 0.6) is 11.5 Å². The van der Waals surface area contributed by atoms with Gasteiger partial charge < -0.3 is 13.9 Å². The van der Waals surface area contributed by atoms with Gasteiger partial charge in [-0.3, -0.25) is 24.2 Å². The number of sulfonamides is 1. The minimum absolute atomic E-state index is 0.0581. The normalized spacial score (nSPS) is 13.8. The smallest absolute Gasteiger partial charge is 0.243 e. The molecule has 0 saturated carbocycles. The molecule has 0 amide bonds. The van der Waals surface area contributed by atoms with E-state index in [0.29, 0.717) is 40.0 Å². The fraction of sp³-hybridized carbons (Fsp3) is 0.433. The van der Waals surface area contributed by atoms with Crippen LogP contribution in [-0.2, 0) is 14.4 Å². The van der Waals surface area contributed by atoms with Gasteiger partial charge in [-0.25, -0.2) is 8.42 Å². The molecule has 3 heterocycles. The van der Waals surface area contributed by atoms with Crippen LogP contribution in [0, 0.1) is 13.8 Å². The molecule has 0 radical (unpaired) electrons. The highest BCUT2D eigenvalue weighted by molar-refractivity contribution is 7.93. The van der Waals surface area contributed by atoms with E-state index in [4.69, 9.17) is 13.9 Å². The zero-order chi connectivity index (χ0) is 32.4. The monoisotopic (exact) mass is 639 g/mol. The van der Waals surface area contributed by atoms with Crippen molar-refractivity contribution < 1.29 is 22.3 Å². The van der Waals surface area contributed by atoms with Crippen LogP contribution in [0.15, 0.2) is 49.1 Å². The summed E-state index contributed by atoms with van der Waals surface area (Å²) in [5.74, 6) is 1.13. The second kappa shape index (κ2) is 12.6. The summed E-state index contributed by atoms with van der Waals surface area (Å²) in [6, 6.07) is 7.15. The number of anilines is 1. The second-order valence-corrected chi connectivity index (χ2v) is 19.0. The van der Waals surface area contributed by atoms with E-state index in [1.165, 1.54) is 14.2 Å². The molecule has 0 aliphatic carbocycles. The van der Waals surface area contributed by atoms with Gasteiger partial charge in [0.05, 0.1) is 31.8 Å². The van der Waals surface area contributed by atoms with E-state index in [1.807, 2.05) is 19.9 Å². The Hall–Kier alpha value is -3.88. The summed E-state index contributed by atoms with van der Waals surface area (Å²) < 4.78 is 50.8. The third-order valence-electron chi connectivity index (χ3n) is 7.89. The van der Waals surface area contributed by atoms with Crippen molar-refractivity contribution in [3.05, 3.63) is 66.0 Å². The molecular weight excluding hydrogens is 599 g/mol. The van der Waals surface area contributed by atoms with Crippen molar-refractivity contribution in [2.45, 2.75) is 71.0 Å². The Kier molecular flexibility index (Phi) is 9.47. The van der Waals surface area contributed by atoms with Gasteiger partial charge in [-0.05, 0) is 62.7 Å². The highest BCUT2D eigenvalue weighted by Gasteiger charge is 2.44. The van der Waals surface area contributed by atoms with Crippen LogP contribution < -0.4 is 14.2 Å². The molecule has 3 aromatic heterocycles. The van der Waals surface area contributed by atoms with E-state index >= 15 is 0 Å². The van der Waals surface area contributed by atoms with Gasteiger partial charge in [-0.1, -0.05) is 26.8 Å². The maximum absolute atomic E-state index is 14.2. The van der Waals surface area contributed by atoms with Crippen molar-refractivity contribution >= 4 is 24.3 Å². The van der Waals surface area contributed by atoms with Crippen LogP contribution >= 0.6 is 0 Å². The molecular formula is C30H41N7O5SSi. The van der Waals surface area contributed by atoms with E-state index in [1.54, 1.807) is 54.5 Å².